The average molecular weight is 351 g/mol. The van der Waals surface area contributed by atoms with Crippen molar-refractivity contribution in [2.45, 2.75) is 6.92 Å². The van der Waals surface area contributed by atoms with E-state index in [1.54, 1.807) is 0 Å². The van der Waals surface area contributed by atoms with Gasteiger partial charge in [0.2, 0.25) is 0 Å². The van der Waals surface area contributed by atoms with Crippen molar-refractivity contribution in [3.05, 3.63) is 0 Å². The summed E-state index contributed by atoms with van der Waals surface area (Å²) < 4.78 is 0. The van der Waals surface area contributed by atoms with Gasteiger partial charge < -0.3 is 43.5 Å². The second kappa shape index (κ2) is 44100. The van der Waals surface area contributed by atoms with Crippen molar-refractivity contribution in [3.63, 3.8) is 0 Å². The van der Waals surface area contributed by atoms with Crippen LogP contribution in [0, 0.1) is 0 Å². The summed E-state index contributed by atoms with van der Waals surface area (Å²) in [6, 6.07) is 0. The van der Waals surface area contributed by atoms with E-state index in [0.717, 1.165) is 6.92 Å². The molecule has 0 rings (SSSR count). The first-order chi connectivity index (χ1) is 9.73. The Kier molecular flexibility index (Phi) is 167000. The van der Waals surface area contributed by atoms with Gasteiger partial charge in [0.05, 0.1) is 0 Å². The Morgan fingerprint density at radius 2 is 0.524 bits per heavy atom. The third-order valence-corrected chi connectivity index (χ3v) is 0. The van der Waals surface area contributed by atoms with Gasteiger partial charge >= 0.3 is 0 Å². The molecule has 130 valence electrons. The molecule has 0 saturated heterocycles. The Hall–Kier alpha value is -2.68. The second-order valence-electron chi connectivity index (χ2n) is 0.519. The average Bonchev–Trinajstić information content (AvgIpc) is 2.61. The van der Waals surface area contributed by atoms with Crippen LogP contribution in [0.2, 0.25) is 0 Å². The minimum absolute atomic E-state index is 0. The number of carboxylic acids is 1. The maximum Gasteiger partial charge on any atom is 0.300 e. The first kappa shape index (κ1) is 79.4. The summed E-state index contributed by atoms with van der Waals surface area (Å²) in [5.74, 6) is -0.833. The molecule has 0 aromatic carbocycles. The van der Waals surface area contributed by atoms with E-state index in [4.69, 9.17) is 48.3 Å². The van der Waals surface area contributed by atoms with Gasteiger partial charge in [0, 0.05) is 23.4 Å². The molecule has 11 heteroatoms. The molecular formula is C10H12NiO10-8. The number of aliphatic carboxylic acids is 1. The molecule has 0 amide bonds. The van der Waals surface area contributed by atoms with E-state index in [1.807, 2.05) is 0 Å². The molecule has 0 saturated carbocycles. The van der Waals surface area contributed by atoms with Crippen LogP contribution in [0.1, 0.15) is 6.92 Å². The largest absolute Gasteiger partial charge is 0.545 e. The van der Waals surface area contributed by atoms with Crippen molar-refractivity contribution in [1.29, 1.82) is 0 Å². The molecule has 0 aromatic heterocycles. The zero-order valence-corrected chi connectivity index (χ0v) is 11.5. The summed E-state index contributed by atoms with van der Waals surface area (Å²) in [4.78, 5) is 71.0. The van der Waals surface area contributed by atoms with Crippen molar-refractivity contribution in [2.75, 3.05) is 0 Å². The van der Waals surface area contributed by atoms with Gasteiger partial charge in [0.25, 0.3) is 5.97 Å². The summed E-state index contributed by atoms with van der Waals surface area (Å²) in [5, 5.41) is 7.42. The monoisotopic (exact) mass is 350 g/mol. The topological polar surface area (TPSA) is 174 Å². The van der Waals surface area contributed by atoms with Crippen molar-refractivity contribution >= 4 is 60.3 Å². The molecule has 0 aliphatic heterocycles. The van der Waals surface area contributed by atoms with Gasteiger partial charge in [0.1, 0.15) is 0 Å². The minimum atomic E-state index is -0.833. The van der Waals surface area contributed by atoms with Crippen LogP contribution in [0.5, 0.6) is 0 Å². The molecule has 21 heavy (non-hydrogen) atoms. The van der Waals surface area contributed by atoms with E-state index < -0.39 is 5.97 Å². The predicted molar refractivity (Wildman–Crippen MR) is 67.3 cm³/mol. The molecule has 0 fully saturated rings. The SMILES string of the molecule is CC(=O)O.[CH-]=O.[CH-]=O.[CH-]=O.[CH-]=O.[CH-]=O.[CH-]=O.[CH-]=O.[CH-]=O.[Ni]. The van der Waals surface area contributed by atoms with Gasteiger partial charge in [-0.05, 0) is 0 Å². The molecule has 0 bridgehead atoms. The van der Waals surface area contributed by atoms with Crippen LogP contribution >= 0.6 is 0 Å². The Bertz CT molecular complexity index is 100. The molecular weight excluding hydrogens is 339 g/mol. The van der Waals surface area contributed by atoms with Crippen LogP contribution < -0.4 is 0 Å². The first-order valence-electron chi connectivity index (χ1n) is 2.81. The molecule has 0 radical (unpaired) electrons. The normalized spacial score (nSPS) is 2.71. The molecule has 0 aromatic rings. The minimum Gasteiger partial charge on any atom is -0.545 e. The van der Waals surface area contributed by atoms with E-state index in [1.165, 1.54) is 0 Å². The van der Waals surface area contributed by atoms with Crippen LogP contribution in [0.3, 0.4) is 0 Å². The van der Waals surface area contributed by atoms with E-state index in [2.05, 4.69) is 54.3 Å². The zero-order valence-electron chi connectivity index (χ0n) is 10.6. The van der Waals surface area contributed by atoms with Crippen LogP contribution in [0.4, 0.5) is 0 Å². The van der Waals surface area contributed by atoms with E-state index >= 15 is 0 Å². The van der Waals surface area contributed by atoms with Gasteiger partial charge in [-0.15, -0.1) is 0 Å². The Labute approximate surface area is 132 Å². The van der Waals surface area contributed by atoms with Crippen molar-refractivity contribution in [2.24, 2.45) is 0 Å². The third kappa shape index (κ3) is 568. The maximum absolute atomic E-state index is 9.00. The molecule has 10 nitrogen and oxygen atoms in total. The molecule has 1 N–H and O–H groups in total. The summed E-state index contributed by atoms with van der Waals surface area (Å²) in [6.45, 7) is 27.1. The fraction of sp³-hybridized carbons (Fsp3) is 0.100. The Morgan fingerprint density at radius 1 is 0.524 bits per heavy atom. The van der Waals surface area contributed by atoms with Gasteiger partial charge in [-0.25, -0.2) is 0 Å². The second-order valence-corrected chi connectivity index (χ2v) is 0.519. The number of carbonyl (C=O) groups excluding carboxylic acids is 8. The molecule has 0 aliphatic carbocycles. The molecule has 0 atom stereocenters. The molecule has 0 spiro atoms. The fourth-order valence-electron chi connectivity index (χ4n) is 0. The Balaban J connectivity index is -0.00000000822. The van der Waals surface area contributed by atoms with Crippen LogP contribution in [-0.2, 0) is 59.6 Å². The summed E-state index contributed by atoms with van der Waals surface area (Å²) in [6.07, 6.45) is 0. The molecule has 0 heterocycles. The predicted octanol–water partition coefficient (Wildman–Crippen LogP) is -2.10. The van der Waals surface area contributed by atoms with Crippen molar-refractivity contribution in [1.82, 2.24) is 0 Å². The molecule has 0 unspecified atom stereocenters. The quantitative estimate of drug-likeness (QED) is 0.289. The number of carbonyl (C=O) groups is 1. The summed E-state index contributed by atoms with van der Waals surface area (Å²) >= 11 is 0. The van der Waals surface area contributed by atoms with Gasteiger partial charge in [-0.1, -0.05) is 0 Å². The number of hydrogen-bond donors (Lipinski definition) is 1. The number of hydrogen-bond acceptors (Lipinski definition) is 9. The first-order valence-corrected chi connectivity index (χ1v) is 2.81. The van der Waals surface area contributed by atoms with Gasteiger partial charge in [0.15, 0.2) is 0 Å². The number of carboxylic acid groups (broad SMARTS) is 1. The third-order valence-electron chi connectivity index (χ3n) is 0. The van der Waals surface area contributed by atoms with Gasteiger partial charge in [-0.3, -0.25) is 59.1 Å². The van der Waals surface area contributed by atoms with E-state index in [9.17, 15) is 0 Å². The maximum atomic E-state index is 9.00. The standard InChI is InChI=1S/C2H4O2.8CHO.Ni/c1-2(3)4;8*1-2;/h1H3,(H,3,4);8*1H;/q;8*-1;. The molecule has 0 aliphatic rings. The fourth-order valence-corrected chi connectivity index (χ4v) is 0. The van der Waals surface area contributed by atoms with Crippen molar-refractivity contribution in [3.8, 4) is 0 Å². The summed E-state index contributed by atoms with van der Waals surface area (Å²) in [5.41, 5.74) is 0. The zero-order chi connectivity index (χ0) is 19.6. The van der Waals surface area contributed by atoms with Crippen LogP contribution in [0.15, 0.2) is 0 Å². The smallest absolute Gasteiger partial charge is 0.300 e. The van der Waals surface area contributed by atoms with Gasteiger partial charge in [-0.2, -0.15) is 0 Å². The Morgan fingerprint density at radius 3 is 0.524 bits per heavy atom. The number of rotatable bonds is 0. The van der Waals surface area contributed by atoms with Crippen LogP contribution in [-0.4, -0.2) is 65.4 Å². The summed E-state index contributed by atoms with van der Waals surface area (Å²) in [7, 11) is 0. The van der Waals surface area contributed by atoms with E-state index in [-0.39, 0.29) is 16.5 Å². The van der Waals surface area contributed by atoms with Crippen LogP contribution in [0.25, 0.3) is 0 Å². The van der Waals surface area contributed by atoms with Crippen molar-refractivity contribution < 1.29 is 64.7 Å². The van der Waals surface area contributed by atoms with E-state index in [0.29, 0.717) is 0 Å².